The van der Waals surface area contributed by atoms with Crippen molar-refractivity contribution in [1.29, 1.82) is 0 Å². The molecule has 24 heavy (non-hydrogen) atoms. The van der Waals surface area contributed by atoms with Crippen molar-refractivity contribution in [2.75, 3.05) is 11.9 Å². The lowest BCUT2D eigenvalue weighted by Crippen LogP contribution is -2.48. The smallest absolute Gasteiger partial charge is 0.268 e. The predicted octanol–water partition coefficient (Wildman–Crippen LogP) is 1.63. The van der Waals surface area contributed by atoms with Crippen LogP contribution in [0.3, 0.4) is 0 Å². The molecule has 0 saturated heterocycles. The van der Waals surface area contributed by atoms with E-state index in [1.807, 2.05) is 10.6 Å². The number of hydrogen-bond acceptors (Lipinski definition) is 5. The van der Waals surface area contributed by atoms with E-state index in [0.717, 1.165) is 36.7 Å². The first-order chi connectivity index (χ1) is 11.4. The molecule has 0 atom stereocenters. The van der Waals surface area contributed by atoms with Gasteiger partial charge in [0.25, 0.3) is 5.91 Å². The minimum absolute atomic E-state index is 0.0666. The highest BCUT2D eigenvalue weighted by Gasteiger charge is 2.33. The molecule has 0 aromatic carbocycles. The lowest BCUT2D eigenvalue weighted by Gasteiger charge is -2.33. The van der Waals surface area contributed by atoms with Gasteiger partial charge in [-0.25, -0.2) is 4.98 Å². The number of carbonyl (C=O) groups excluding carboxylic acids is 1. The third kappa shape index (κ3) is 2.53. The molecule has 0 bridgehead atoms. The van der Waals surface area contributed by atoms with Gasteiger partial charge in [-0.15, -0.1) is 0 Å². The van der Waals surface area contributed by atoms with Crippen molar-refractivity contribution < 1.29 is 9.90 Å². The van der Waals surface area contributed by atoms with Crippen LogP contribution in [0.25, 0.3) is 11.0 Å². The monoisotopic (exact) mass is 329 g/mol. The molecule has 128 valence electrons. The number of aliphatic hydroxyl groups excluding tert-OH is 1. The van der Waals surface area contributed by atoms with Crippen molar-refractivity contribution in [3.8, 4) is 0 Å². The van der Waals surface area contributed by atoms with Gasteiger partial charge in [0, 0.05) is 24.2 Å². The molecule has 1 fully saturated rings. The van der Waals surface area contributed by atoms with E-state index in [4.69, 9.17) is 0 Å². The SMILES string of the molecule is CC1(C)CNC(=O)c2cc3cnc(NC4CCC(O)CC4)nc3n21. The zero-order valence-electron chi connectivity index (χ0n) is 14.0. The molecule has 1 aliphatic carbocycles. The second-order valence-electron chi connectivity index (χ2n) is 7.48. The lowest BCUT2D eigenvalue weighted by atomic mass is 9.93. The van der Waals surface area contributed by atoms with Crippen LogP contribution in [-0.4, -0.2) is 44.2 Å². The minimum atomic E-state index is -0.231. The first-order valence-electron chi connectivity index (χ1n) is 8.56. The molecule has 3 heterocycles. The van der Waals surface area contributed by atoms with E-state index < -0.39 is 0 Å². The van der Waals surface area contributed by atoms with Crippen LogP contribution in [0.1, 0.15) is 50.0 Å². The van der Waals surface area contributed by atoms with Crippen LogP contribution in [0.2, 0.25) is 0 Å². The van der Waals surface area contributed by atoms with Crippen molar-refractivity contribution in [3.63, 3.8) is 0 Å². The summed E-state index contributed by atoms with van der Waals surface area (Å²) in [5, 5.41) is 16.8. The first-order valence-corrected chi connectivity index (χ1v) is 8.56. The quantitative estimate of drug-likeness (QED) is 0.779. The van der Waals surface area contributed by atoms with Crippen molar-refractivity contribution in [3.05, 3.63) is 18.0 Å². The van der Waals surface area contributed by atoms with E-state index in [9.17, 15) is 9.90 Å². The number of rotatable bonds is 2. The molecule has 1 amide bonds. The van der Waals surface area contributed by atoms with Crippen LogP contribution >= 0.6 is 0 Å². The number of nitrogens with zero attached hydrogens (tertiary/aromatic N) is 3. The predicted molar refractivity (Wildman–Crippen MR) is 91.1 cm³/mol. The van der Waals surface area contributed by atoms with Crippen LogP contribution in [0, 0.1) is 0 Å². The molecule has 4 rings (SSSR count). The molecule has 0 spiro atoms. The van der Waals surface area contributed by atoms with Gasteiger partial charge in [-0.1, -0.05) is 0 Å². The Bertz CT molecular complexity index is 790. The second-order valence-corrected chi connectivity index (χ2v) is 7.48. The van der Waals surface area contributed by atoms with E-state index in [-0.39, 0.29) is 23.6 Å². The van der Waals surface area contributed by atoms with Gasteiger partial charge in [0.1, 0.15) is 11.3 Å². The normalized spacial score (nSPS) is 26.0. The van der Waals surface area contributed by atoms with Crippen molar-refractivity contribution in [1.82, 2.24) is 19.9 Å². The van der Waals surface area contributed by atoms with E-state index in [0.29, 0.717) is 18.2 Å². The van der Waals surface area contributed by atoms with Crippen molar-refractivity contribution in [2.45, 2.75) is 57.2 Å². The zero-order valence-corrected chi connectivity index (χ0v) is 14.0. The summed E-state index contributed by atoms with van der Waals surface area (Å²) in [6.07, 6.45) is 5.06. The topological polar surface area (TPSA) is 92.1 Å². The number of nitrogens with one attached hydrogen (secondary N) is 2. The van der Waals surface area contributed by atoms with Crippen LogP contribution < -0.4 is 10.6 Å². The van der Waals surface area contributed by atoms with Crippen molar-refractivity contribution >= 4 is 22.9 Å². The summed E-state index contributed by atoms with van der Waals surface area (Å²) >= 11 is 0. The first kappa shape index (κ1) is 15.4. The van der Waals surface area contributed by atoms with E-state index >= 15 is 0 Å². The van der Waals surface area contributed by atoms with Crippen LogP contribution in [-0.2, 0) is 5.54 Å². The molecule has 2 aromatic rings. The van der Waals surface area contributed by atoms with Gasteiger partial charge in [-0.3, -0.25) is 4.79 Å². The van der Waals surface area contributed by atoms with Gasteiger partial charge in [0.2, 0.25) is 5.95 Å². The molecule has 1 saturated carbocycles. The molecule has 0 radical (unpaired) electrons. The average molecular weight is 329 g/mol. The lowest BCUT2D eigenvalue weighted by molar-refractivity contribution is 0.0891. The second kappa shape index (κ2) is 5.44. The molecule has 2 aliphatic rings. The molecular formula is C17H23N5O2. The summed E-state index contributed by atoms with van der Waals surface area (Å²) < 4.78 is 2.01. The van der Waals surface area contributed by atoms with Crippen molar-refractivity contribution in [2.24, 2.45) is 0 Å². The fourth-order valence-corrected chi connectivity index (χ4v) is 3.71. The number of hydrogen-bond donors (Lipinski definition) is 3. The summed E-state index contributed by atoms with van der Waals surface area (Å²) in [7, 11) is 0. The van der Waals surface area contributed by atoms with Crippen LogP contribution in [0.4, 0.5) is 5.95 Å². The van der Waals surface area contributed by atoms with Gasteiger partial charge in [0.15, 0.2) is 0 Å². The van der Waals surface area contributed by atoms with E-state index in [2.05, 4.69) is 34.4 Å². The summed E-state index contributed by atoms with van der Waals surface area (Å²) in [5.41, 5.74) is 1.19. The van der Waals surface area contributed by atoms with Crippen LogP contribution in [0.5, 0.6) is 0 Å². The highest BCUT2D eigenvalue weighted by molar-refractivity contribution is 5.99. The fraction of sp³-hybridized carbons (Fsp3) is 0.588. The number of fused-ring (bicyclic) bond motifs is 3. The van der Waals surface area contributed by atoms with Gasteiger partial charge in [-0.2, -0.15) is 4.98 Å². The number of carbonyl (C=O) groups is 1. The Balaban J connectivity index is 1.69. The number of aliphatic hydroxyl groups is 1. The van der Waals surface area contributed by atoms with Crippen LogP contribution in [0.15, 0.2) is 12.3 Å². The molecule has 0 unspecified atom stereocenters. The maximum absolute atomic E-state index is 12.2. The largest absolute Gasteiger partial charge is 0.393 e. The fourth-order valence-electron chi connectivity index (χ4n) is 3.71. The average Bonchev–Trinajstić information content (AvgIpc) is 2.94. The van der Waals surface area contributed by atoms with Gasteiger partial charge in [0.05, 0.1) is 11.6 Å². The molecule has 1 aliphatic heterocycles. The Morgan fingerprint density at radius 3 is 2.83 bits per heavy atom. The Labute approximate surface area is 140 Å². The minimum Gasteiger partial charge on any atom is -0.393 e. The van der Waals surface area contributed by atoms with E-state index in [1.54, 1.807) is 6.20 Å². The number of aromatic nitrogens is 3. The summed E-state index contributed by atoms with van der Waals surface area (Å²) in [5.74, 6) is 0.523. The van der Waals surface area contributed by atoms with Gasteiger partial charge in [-0.05, 0) is 45.6 Å². The molecule has 7 nitrogen and oxygen atoms in total. The summed E-state index contributed by atoms with van der Waals surface area (Å²) in [6, 6.07) is 2.14. The number of amides is 1. The Kier molecular flexibility index (Phi) is 3.49. The Morgan fingerprint density at radius 2 is 2.08 bits per heavy atom. The molecule has 2 aromatic heterocycles. The number of anilines is 1. The van der Waals surface area contributed by atoms with Gasteiger partial charge < -0.3 is 20.3 Å². The summed E-state index contributed by atoms with van der Waals surface area (Å²) in [6.45, 7) is 4.76. The van der Waals surface area contributed by atoms with Gasteiger partial charge >= 0.3 is 0 Å². The Morgan fingerprint density at radius 1 is 1.33 bits per heavy atom. The maximum Gasteiger partial charge on any atom is 0.268 e. The highest BCUT2D eigenvalue weighted by atomic mass is 16.3. The third-order valence-electron chi connectivity index (χ3n) is 5.09. The molecule has 7 heteroatoms. The maximum atomic E-state index is 12.2. The molecular weight excluding hydrogens is 306 g/mol. The summed E-state index contributed by atoms with van der Waals surface area (Å²) in [4.78, 5) is 21.3. The Hall–Kier alpha value is -2.15. The van der Waals surface area contributed by atoms with E-state index in [1.165, 1.54) is 0 Å². The highest BCUT2D eigenvalue weighted by Crippen LogP contribution is 2.30. The standard InChI is InChI=1S/C17H23N5O2/c1-17(2)9-19-15(24)13-7-10-8-18-16(21-14(10)22(13)17)20-11-3-5-12(23)6-4-11/h7-8,11-12,23H,3-6,9H2,1-2H3,(H,19,24)(H,18,20,21). The molecule has 3 N–H and O–H groups in total. The third-order valence-corrected chi connectivity index (χ3v) is 5.09. The zero-order chi connectivity index (χ0) is 16.9.